The Morgan fingerprint density at radius 3 is 2.50 bits per heavy atom. The predicted molar refractivity (Wildman–Crippen MR) is 101 cm³/mol. The van der Waals surface area contributed by atoms with Gasteiger partial charge in [0.2, 0.25) is 0 Å². The molecular formula is C20H31N3O3. The third-order valence-electron chi connectivity index (χ3n) is 5.69. The number of hydrogen-bond donors (Lipinski definition) is 2. The molecule has 6 nitrogen and oxygen atoms in total. The molecule has 1 aliphatic carbocycles. The first kappa shape index (κ1) is 19.0. The van der Waals surface area contributed by atoms with Crippen LogP contribution in [0.15, 0.2) is 23.3 Å². The van der Waals surface area contributed by atoms with Crippen molar-refractivity contribution in [3.8, 4) is 0 Å². The Labute approximate surface area is 156 Å². The predicted octanol–water partition coefficient (Wildman–Crippen LogP) is 2.51. The van der Waals surface area contributed by atoms with E-state index in [0.29, 0.717) is 31.3 Å². The number of hydrogen-bond acceptors (Lipinski definition) is 4. The zero-order valence-corrected chi connectivity index (χ0v) is 15.9. The molecule has 0 aromatic rings. The maximum atomic E-state index is 12.2. The molecule has 2 heterocycles. The van der Waals surface area contributed by atoms with Crippen molar-refractivity contribution in [2.45, 2.75) is 70.5 Å². The summed E-state index contributed by atoms with van der Waals surface area (Å²) in [5, 5.41) is 6.56. The van der Waals surface area contributed by atoms with Crippen LogP contribution in [0.2, 0.25) is 0 Å². The maximum Gasteiger partial charge on any atom is 0.410 e. The van der Waals surface area contributed by atoms with Crippen LogP contribution in [0, 0.1) is 0 Å². The van der Waals surface area contributed by atoms with E-state index in [1.807, 2.05) is 24.8 Å². The minimum Gasteiger partial charge on any atom is -0.450 e. The molecule has 2 atom stereocenters. The van der Waals surface area contributed by atoms with Crippen molar-refractivity contribution in [1.82, 2.24) is 15.5 Å². The van der Waals surface area contributed by atoms with E-state index in [1.165, 1.54) is 0 Å². The summed E-state index contributed by atoms with van der Waals surface area (Å²) in [7, 11) is 0. The van der Waals surface area contributed by atoms with Crippen LogP contribution in [0.25, 0.3) is 0 Å². The molecule has 0 aromatic heterocycles. The highest BCUT2D eigenvalue weighted by Gasteiger charge is 2.43. The number of carbonyl (C=O) groups excluding carboxylic acids is 2. The molecule has 2 unspecified atom stereocenters. The molecule has 3 aliphatic rings. The van der Waals surface area contributed by atoms with Gasteiger partial charge in [-0.05, 0) is 57.9 Å². The fourth-order valence-electron chi connectivity index (χ4n) is 4.46. The van der Waals surface area contributed by atoms with Crippen molar-refractivity contribution in [2.75, 3.05) is 19.7 Å². The summed E-state index contributed by atoms with van der Waals surface area (Å²) in [5.74, 6) is 0.0254. The molecule has 2 N–H and O–H groups in total. The lowest BCUT2D eigenvalue weighted by Crippen LogP contribution is -2.52. The van der Waals surface area contributed by atoms with Gasteiger partial charge in [0.05, 0.1) is 6.61 Å². The van der Waals surface area contributed by atoms with Crippen LogP contribution in [0.5, 0.6) is 0 Å². The van der Waals surface area contributed by atoms with Gasteiger partial charge in [0.15, 0.2) is 0 Å². The quantitative estimate of drug-likeness (QED) is 0.713. The number of amides is 2. The van der Waals surface area contributed by atoms with Crippen molar-refractivity contribution in [3.05, 3.63) is 23.3 Å². The van der Waals surface area contributed by atoms with E-state index in [0.717, 1.165) is 56.2 Å². The highest BCUT2D eigenvalue weighted by molar-refractivity contribution is 5.97. The molecule has 3 rings (SSSR count). The van der Waals surface area contributed by atoms with Crippen LogP contribution >= 0.6 is 0 Å². The lowest BCUT2D eigenvalue weighted by molar-refractivity contribution is -0.117. The molecule has 2 saturated heterocycles. The largest absolute Gasteiger partial charge is 0.450 e. The monoisotopic (exact) mass is 361 g/mol. The zero-order valence-electron chi connectivity index (χ0n) is 15.9. The maximum absolute atomic E-state index is 12.2. The van der Waals surface area contributed by atoms with Crippen molar-refractivity contribution in [3.63, 3.8) is 0 Å². The van der Waals surface area contributed by atoms with Gasteiger partial charge in [-0.1, -0.05) is 12.2 Å². The molecule has 2 bridgehead atoms. The molecule has 2 amide bonds. The van der Waals surface area contributed by atoms with Gasteiger partial charge in [-0.15, -0.1) is 0 Å². The van der Waals surface area contributed by atoms with Crippen molar-refractivity contribution >= 4 is 12.0 Å². The van der Waals surface area contributed by atoms with E-state index in [1.54, 1.807) is 0 Å². The second-order valence-electron chi connectivity index (χ2n) is 7.45. The van der Waals surface area contributed by atoms with Gasteiger partial charge in [-0.3, -0.25) is 4.79 Å². The fourth-order valence-corrected chi connectivity index (χ4v) is 4.46. The van der Waals surface area contributed by atoms with Crippen molar-refractivity contribution < 1.29 is 14.3 Å². The third kappa shape index (κ3) is 4.29. The Balaban J connectivity index is 1.39. The molecular weight excluding hydrogens is 330 g/mol. The van der Waals surface area contributed by atoms with E-state index in [-0.39, 0.29) is 12.0 Å². The van der Waals surface area contributed by atoms with E-state index in [4.69, 9.17) is 4.74 Å². The highest BCUT2D eigenvalue weighted by Crippen LogP contribution is 2.36. The van der Waals surface area contributed by atoms with Gasteiger partial charge < -0.3 is 20.3 Å². The van der Waals surface area contributed by atoms with Gasteiger partial charge in [0.1, 0.15) is 0 Å². The minimum atomic E-state index is -0.158. The molecule has 0 saturated carbocycles. The average Bonchev–Trinajstić information content (AvgIpc) is 2.90. The summed E-state index contributed by atoms with van der Waals surface area (Å²) in [6, 6.07) is 0.991. The average molecular weight is 361 g/mol. The number of nitrogens with zero attached hydrogens (tertiary/aromatic N) is 1. The fraction of sp³-hybridized carbons (Fsp3) is 0.700. The molecule has 2 fully saturated rings. The highest BCUT2D eigenvalue weighted by atomic mass is 16.6. The summed E-state index contributed by atoms with van der Waals surface area (Å²) < 4.78 is 5.20. The number of carbonyl (C=O) groups is 2. The minimum absolute atomic E-state index is 0.0254. The Bertz CT molecular complexity index is 585. The van der Waals surface area contributed by atoms with Crippen LogP contribution in [-0.4, -0.2) is 54.7 Å². The van der Waals surface area contributed by atoms with E-state index in [2.05, 4.69) is 16.7 Å². The van der Waals surface area contributed by atoms with Crippen LogP contribution in [-0.2, 0) is 9.53 Å². The molecule has 0 spiro atoms. The second kappa shape index (κ2) is 8.71. The lowest BCUT2D eigenvalue weighted by atomic mass is 9.97. The van der Waals surface area contributed by atoms with Gasteiger partial charge in [-0.25, -0.2) is 4.79 Å². The Kier molecular flexibility index (Phi) is 6.35. The van der Waals surface area contributed by atoms with Gasteiger partial charge in [-0.2, -0.15) is 0 Å². The standard InChI is InChI=1S/C20H31N3O3/c1-3-26-20(25)23-16-8-9-17(23)13-15(12-16)21-10-11-22-19(24)18-7-5-4-6-14(18)2/h6-7,15-17,21H,3-5,8-13H2,1-2H3,(H,22,24). The summed E-state index contributed by atoms with van der Waals surface area (Å²) >= 11 is 0. The molecule has 6 heteroatoms. The first-order chi connectivity index (χ1) is 12.6. The molecule has 0 aromatic carbocycles. The Morgan fingerprint density at radius 2 is 1.85 bits per heavy atom. The second-order valence-corrected chi connectivity index (χ2v) is 7.45. The van der Waals surface area contributed by atoms with Crippen molar-refractivity contribution in [2.24, 2.45) is 0 Å². The molecule has 26 heavy (non-hydrogen) atoms. The summed E-state index contributed by atoms with van der Waals surface area (Å²) in [5.41, 5.74) is 1.89. The number of allylic oxidation sites excluding steroid dienone is 2. The van der Waals surface area contributed by atoms with Crippen molar-refractivity contribution in [1.29, 1.82) is 0 Å². The molecule has 0 radical (unpaired) electrons. The number of fused-ring (bicyclic) bond motifs is 2. The number of nitrogens with one attached hydrogen (secondary N) is 2. The zero-order chi connectivity index (χ0) is 18.5. The van der Waals surface area contributed by atoms with Crippen LogP contribution < -0.4 is 10.6 Å². The third-order valence-corrected chi connectivity index (χ3v) is 5.69. The SMILES string of the molecule is CCOC(=O)N1C2CCC1CC(NCCNC(=O)C1=CCCC=C1C)C2. The van der Waals surface area contributed by atoms with Crippen LogP contribution in [0.3, 0.4) is 0 Å². The van der Waals surface area contributed by atoms with Gasteiger partial charge in [0.25, 0.3) is 5.91 Å². The number of rotatable bonds is 6. The van der Waals surface area contributed by atoms with E-state index < -0.39 is 0 Å². The Morgan fingerprint density at radius 1 is 1.15 bits per heavy atom. The molecule has 2 aliphatic heterocycles. The van der Waals surface area contributed by atoms with Gasteiger partial charge >= 0.3 is 6.09 Å². The lowest BCUT2D eigenvalue weighted by Gasteiger charge is -2.38. The molecule has 144 valence electrons. The van der Waals surface area contributed by atoms with Crippen LogP contribution in [0.1, 0.15) is 52.4 Å². The summed E-state index contributed by atoms with van der Waals surface area (Å²) in [4.78, 5) is 26.3. The van der Waals surface area contributed by atoms with E-state index in [9.17, 15) is 9.59 Å². The summed E-state index contributed by atoms with van der Waals surface area (Å²) in [6.45, 7) is 5.66. The first-order valence-corrected chi connectivity index (χ1v) is 9.94. The Hall–Kier alpha value is -1.82. The number of piperidine rings is 1. The van der Waals surface area contributed by atoms with E-state index >= 15 is 0 Å². The van der Waals surface area contributed by atoms with Gasteiger partial charge in [0, 0.05) is 36.8 Å². The normalized spacial score (nSPS) is 27.6. The summed E-state index contributed by atoms with van der Waals surface area (Å²) in [6.07, 6.45) is 10.0. The first-order valence-electron chi connectivity index (χ1n) is 9.94. The number of ether oxygens (including phenoxy) is 1. The van der Waals surface area contributed by atoms with Crippen LogP contribution in [0.4, 0.5) is 4.79 Å². The topological polar surface area (TPSA) is 70.7 Å². The smallest absolute Gasteiger partial charge is 0.410 e.